The van der Waals surface area contributed by atoms with E-state index in [2.05, 4.69) is 15.3 Å². The summed E-state index contributed by atoms with van der Waals surface area (Å²) in [7, 11) is 0. The monoisotopic (exact) mass is 259 g/mol. The van der Waals surface area contributed by atoms with Crippen LogP contribution in [-0.4, -0.2) is 16.0 Å². The van der Waals surface area contributed by atoms with Crippen LogP contribution in [0.1, 0.15) is 18.4 Å². The molecule has 0 amide bonds. The van der Waals surface area contributed by atoms with Gasteiger partial charge in [-0.3, -0.25) is 0 Å². The van der Waals surface area contributed by atoms with Gasteiger partial charge >= 0.3 is 0 Å². The molecule has 0 radical (unpaired) electrons. The lowest BCUT2D eigenvalue weighted by atomic mass is 10.2. The Bertz CT molecular complexity index is 518. The fourth-order valence-corrected chi connectivity index (χ4v) is 1.87. The minimum atomic E-state index is 0.709. The van der Waals surface area contributed by atoms with Crippen LogP contribution in [0.2, 0.25) is 5.02 Å². The summed E-state index contributed by atoms with van der Waals surface area (Å²) in [6.45, 7) is 0.853. The van der Waals surface area contributed by atoms with Crippen LogP contribution < -0.4 is 5.32 Å². The molecule has 1 aromatic heterocycles. The third kappa shape index (κ3) is 2.86. The van der Waals surface area contributed by atoms with E-state index in [0.717, 1.165) is 28.5 Å². The summed E-state index contributed by atoms with van der Waals surface area (Å²) >= 11 is 5.85. The first kappa shape index (κ1) is 11.6. The van der Waals surface area contributed by atoms with Crippen molar-refractivity contribution in [2.24, 2.45) is 0 Å². The van der Waals surface area contributed by atoms with Gasteiger partial charge in [-0.1, -0.05) is 11.6 Å². The smallest absolute Gasteiger partial charge is 0.159 e. The molecule has 0 unspecified atom stereocenters. The summed E-state index contributed by atoms with van der Waals surface area (Å²) in [6.07, 6.45) is 6.35. The summed E-state index contributed by atoms with van der Waals surface area (Å²) in [5.74, 6) is 0.738. The lowest BCUT2D eigenvalue weighted by Crippen LogP contribution is -2.15. The van der Waals surface area contributed by atoms with Gasteiger partial charge in [0.2, 0.25) is 0 Å². The van der Waals surface area contributed by atoms with Crippen LogP contribution in [-0.2, 0) is 6.54 Å². The first-order chi connectivity index (χ1) is 8.81. The topological polar surface area (TPSA) is 37.8 Å². The lowest BCUT2D eigenvalue weighted by Gasteiger charge is -2.04. The molecule has 18 heavy (non-hydrogen) atoms. The number of benzene rings is 1. The Kier molecular flexibility index (Phi) is 3.26. The average Bonchev–Trinajstić information content (AvgIpc) is 3.22. The highest BCUT2D eigenvalue weighted by Crippen LogP contribution is 2.20. The van der Waals surface area contributed by atoms with Crippen LogP contribution in [0, 0.1) is 0 Å². The second-order valence-electron chi connectivity index (χ2n) is 4.58. The number of hydrogen-bond donors (Lipinski definition) is 1. The molecule has 2 aromatic rings. The maximum absolute atomic E-state index is 5.85. The molecule has 1 N–H and O–H groups in total. The van der Waals surface area contributed by atoms with Crippen molar-refractivity contribution in [3.8, 4) is 11.4 Å². The van der Waals surface area contributed by atoms with Gasteiger partial charge < -0.3 is 5.32 Å². The van der Waals surface area contributed by atoms with Crippen LogP contribution in [0.15, 0.2) is 36.7 Å². The van der Waals surface area contributed by atoms with Crippen molar-refractivity contribution in [1.29, 1.82) is 0 Å². The van der Waals surface area contributed by atoms with Gasteiger partial charge in [-0.15, -0.1) is 0 Å². The lowest BCUT2D eigenvalue weighted by molar-refractivity contribution is 0.683. The van der Waals surface area contributed by atoms with Crippen LogP contribution in [0.4, 0.5) is 0 Å². The zero-order valence-electron chi connectivity index (χ0n) is 9.94. The van der Waals surface area contributed by atoms with Crippen LogP contribution in [0.3, 0.4) is 0 Å². The van der Waals surface area contributed by atoms with Crippen molar-refractivity contribution in [2.45, 2.75) is 25.4 Å². The van der Waals surface area contributed by atoms with E-state index in [-0.39, 0.29) is 0 Å². The molecular formula is C14H14ClN3. The molecule has 0 bridgehead atoms. The average molecular weight is 260 g/mol. The SMILES string of the molecule is Clc1ccc(-c2ncc(CNC3CC3)cn2)cc1. The highest BCUT2D eigenvalue weighted by Gasteiger charge is 2.19. The molecule has 1 aliphatic carbocycles. The van der Waals surface area contributed by atoms with E-state index in [1.54, 1.807) is 0 Å². The standard InChI is InChI=1S/C14H14ClN3/c15-12-3-1-11(2-4-12)14-17-8-10(9-18-14)7-16-13-5-6-13/h1-4,8-9,13,16H,5-7H2. The van der Waals surface area contributed by atoms with Gasteiger partial charge in [-0.25, -0.2) is 9.97 Å². The summed E-state index contributed by atoms with van der Waals surface area (Å²) < 4.78 is 0. The van der Waals surface area contributed by atoms with E-state index >= 15 is 0 Å². The van der Waals surface area contributed by atoms with E-state index in [1.807, 2.05) is 36.7 Å². The molecular weight excluding hydrogens is 246 g/mol. The van der Waals surface area contributed by atoms with Gasteiger partial charge in [0.25, 0.3) is 0 Å². The molecule has 0 aliphatic heterocycles. The number of hydrogen-bond acceptors (Lipinski definition) is 3. The Morgan fingerprint density at radius 3 is 2.39 bits per heavy atom. The van der Waals surface area contributed by atoms with Crippen molar-refractivity contribution < 1.29 is 0 Å². The quantitative estimate of drug-likeness (QED) is 0.917. The zero-order chi connectivity index (χ0) is 12.4. The van der Waals surface area contributed by atoms with Gasteiger partial charge in [0.1, 0.15) is 0 Å². The predicted octanol–water partition coefficient (Wildman–Crippen LogP) is 3.05. The van der Waals surface area contributed by atoms with Gasteiger partial charge in [-0.2, -0.15) is 0 Å². The van der Waals surface area contributed by atoms with Crippen molar-refractivity contribution in [2.75, 3.05) is 0 Å². The van der Waals surface area contributed by atoms with Crippen molar-refractivity contribution in [1.82, 2.24) is 15.3 Å². The third-order valence-corrected chi connectivity index (χ3v) is 3.23. The Morgan fingerprint density at radius 1 is 1.11 bits per heavy atom. The Labute approximate surface area is 111 Å². The highest BCUT2D eigenvalue weighted by molar-refractivity contribution is 6.30. The molecule has 92 valence electrons. The second-order valence-corrected chi connectivity index (χ2v) is 5.01. The van der Waals surface area contributed by atoms with E-state index in [4.69, 9.17) is 11.6 Å². The summed E-state index contributed by atoms with van der Waals surface area (Å²) in [4.78, 5) is 8.77. The number of nitrogens with zero attached hydrogens (tertiary/aromatic N) is 2. The van der Waals surface area contributed by atoms with Gasteiger partial charge in [0, 0.05) is 41.1 Å². The maximum Gasteiger partial charge on any atom is 0.159 e. The molecule has 0 saturated heterocycles. The zero-order valence-corrected chi connectivity index (χ0v) is 10.7. The number of nitrogens with one attached hydrogen (secondary N) is 1. The van der Waals surface area contributed by atoms with Crippen molar-refractivity contribution in [3.63, 3.8) is 0 Å². The van der Waals surface area contributed by atoms with E-state index in [9.17, 15) is 0 Å². The largest absolute Gasteiger partial charge is 0.310 e. The van der Waals surface area contributed by atoms with Crippen molar-refractivity contribution in [3.05, 3.63) is 47.2 Å². The van der Waals surface area contributed by atoms with Gasteiger partial charge in [0.15, 0.2) is 5.82 Å². The van der Waals surface area contributed by atoms with Gasteiger partial charge in [0.05, 0.1) is 0 Å². The number of halogens is 1. The first-order valence-corrected chi connectivity index (χ1v) is 6.49. The third-order valence-electron chi connectivity index (χ3n) is 2.98. The molecule has 1 saturated carbocycles. The summed E-state index contributed by atoms with van der Waals surface area (Å²) in [6, 6.07) is 8.27. The maximum atomic E-state index is 5.85. The van der Waals surface area contributed by atoms with Crippen molar-refractivity contribution >= 4 is 11.6 Å². The molecule has 1 aromatic carbocycles. The number of rotatable bonds is 4. The Balaban J connectivity index is 1.71. The normalized spacial score (nSPS) is 14.7. The molecule has 0 atom stereocenters. The van der Waals surface area contributed by atoms with Crippen LogP contribution in [0.25, 0.3) is 11.4 Å². The summed E-state index contributed by atoms with van der Waals surface area (Å²) in [5.41, 5.74) is 2.11. The summed E-state index contributed by atoms with van der Waals surface area (Å²) in [5, 5.41) is 4.17. The van der Waals surface area contributed by atoms with E-state index in [1.165, 1.54) is 12.8 Å². The first-order valence-electron chi connectivity index (χ1n) is 6.11. The number of aromatic nitrogens is 2. The minimum absolute atomic E-state index is 0.709. The molecule has 1 fully saturated rings. The minimum Gasteiger partial charge on any atom is -0.310 e. The molecule has 1 aliphatic rings. The fraction of sp³-hybridized carbons (Fsp3) is 0.286. The fourth-order valence-electron chi connectivity index (χ4n) is 1.74. The Morgan fingerprint density at radius 2 is 1.78 bits per heavy atom. The highest BCUT2D eigenvalue weighted by atomic mass is 35.5. The molecule has 3 rings (SSSR count). The van der Waals surface area contributed by atoms with Gasteiger partial charge in [-0.05, 0) is 37.1 Å². The predicted molar refractivity (Wildman–Crippen MR) is 72.3 cm³/mol. The molecule has 3 nitrogen and oxygen atoms in total. The molecule has 1 heterocycles. The second kappa shape index (κ2) is 5.04. The Hall–Kier alpha value is -1.45. The molecule has 0 spiro atoms. The van der Waals surface area contributed by atoms with E-state index in [0.29, 0.717) is 6.04 Å². The van der Waals surface area contributed by atoms with E-state index < -0.39 is 0 Å². The molecule has 4 heteroatoms. The van der Waals surface area contributed by atoms with Crippen LogP contribution in [0.5, 0.6) is 0 Å². The van der Waals surface area contributed by atoms with Crippen LogP contribution >= 0.6 is 11.6 Å².